The summed E-state index contributed by atoms with van der Waals surface area (Å²) in [6.45, 7) is 4.36. The number of carbonyl (C=O) groups is 1. The summed E-state index contributed by atoms with van der Waals surface area (Å²) < 4.78 is 39.7. The van der Waals surface area contributed by atoms with Crippen LogP contribution in [0, 0.1) is 12.8 Å². The van der Waals surface area contributed by atoms with Gasteiger partial charge in [-0.15, -0.1) is 0 Å². The standard InChI is InChI=1S/C19H29NO6S/c1-16-3-5-18(6-4-16)27(22,23)26-12-9-17-7-10-20(11-8-17)19(21)15-25-14-13-24-2/h3-6,17H,7-15H2,1-2H3. The molecule has 152 valence electrons. The molecule has 1 aromatic rings. The Balaban J connectivity index is 1.67. The first-order valence-corrected chi connectivity index (χ1v) is 10.6. The van der Waals surface area contributed by atoms with Gasteiger partial charge in [0.05, 0.1) is 24.7 Å². The molecule has 1 aromatic carbocycles. The first kappa shape index (κ1) is 21.8. The molecule has 0 unspecified atom stereocenters. The van der Waals surface area contributed by atoms with Crippen LogP contribution in [0.4, 0.5) is 0 Å². The molecule has 1 amide bonds. The van der Waals surface area contributed by atoms with Gasteiger partial charge in [0.15, 0.2) is 0 Å². The Morgan fingerprint density at radius 3 is 2.41 bits per heavy atom. The Hall–Kier alpha value is -1.48. The molecule has 0 atom stereocenters. The summed E-state index contributed by atoms with van der Waals surface area (Å²) in [5.41, 5.74) is 0.999. The number of rotatable bonds is 10. The van der Waals surface area contributed by atoms with Gasteiger partial charge in [-0.1, -0.05) is 17.7 Å². The third-order valence-corrected chi connectivity index (χ3v) is 6.03. The van der Waals surface area contributed by atoms with Crippen LogP contribution in [0.5, 0.6) is 0 Å². The number of hydrogen-bond donors (Lipinski definition) is 0. The van der Waals surface area contributed by atoms with E-state index in [9.17, 15) is 13.2 Å². The van der Waals surface area contributed by atoms with E-state index in [-0.39, 0.29) is 24.0 Å². The van der Waals surface area contributed by atoms with Crippen LogP contribution in [-0.2, 0) is 28.6 Å². The van der Waals surface area contributed by atoms with Crippen molar-refractivity contribution in [1.82, 2.24) is 4.90 Å². The normalized spacial score (nSPS) is 15.9. The molecule has 1 heterocycles. The third-order valence-electron chi connectivity index (χ3n) is 4.70. The summed E-state index contributed by atoms with van der Waals surface area (Å²) >= 11 is 0. The molecule has 0 spiro atoms. The average molecular weight is 400 g/mol. The van der Waals surface area contributed by atoms with Gasteiger partial charge >= 0.3 is 0 Å². The number of benzene rings is 1. The van der Waals surface area contributed by atoms with Crippen molar-refractivity contribution in [2.24, 2.45) is 5.92 Å². The smallest absolute Gasteiger partial charge is 0.296 e. The fourth-order valence-corrected chi connectivity index (χ4v) is 3.88. The summed E-state index contributed by atoms with van der Waals surface area (Å²) in [6, 6.07) is 6.62. The van der Waals surface area contributed by atoms with Gasteiger partial charge in [-0.2, -0.15) is 8.42 Å². The molecule has 0 radical (unpaired) electrons. The van der Waals surface area contributed by atoms with Crippen LogP contribution in [0.1, 0.15) is 24.8 Å². The van der Waals surface area contributed by atoms with Gasteiger partial charge in [0.2, 0.25) is 5.91 Å². The van der Waals surface area contributed by atoms with Gasteiger partial charge in [0.25, 0.3) is 10.1 Å². The molecule has 2 rings (SSSR count). The zero-order valence-corrected chi connectivity index (χ0v) is 16.9. The van der Waals surface area contributed by atoms with Crippen LogP contribution < -0.4 is 0 Å². The molecule has 0 N–H and O–H groups in total. The molecule has 27 heavy (non-hydrogen) atoms. The summed E-state index contributed by atoms with van der Waals surface area (Å²) in [4.78, 5) is 14.0. The van der Waals surface area contributed by atoms with Crippen molar-refractivity contribution in [2.45, 2.75) is 31.1 Å². The zero-order chi connectivity index (χ0) is 19.7. The second-order valence-electron chi connectivity index (χ2n) is 6.75. The van der Waals surface area contributed by atoms with E-state index in [1.54, 1.807) is 36.3 Å². The van der Waals surface area contributed by atoms with E-state index in [2.05, 4.69) is 0 Å². The van der Waals surface area contributed by atoms with E-state index in [4.69, 9.17) is 13.7 Å². The van der Waals surface area contributed by atoms with E-state index in [0.29, 0.717) is 38.6 Å². The minimum absolute atomic E-state index is 0.0113. The molecule has 7 nitrogen and oxygen atoms in total. The summed E-state index contributed by atoms with van der Waals surface area (Å²) in [5.74, 6) is 0.347. The molecule has 1 aliphatic heterocycles. The van der Waals surface area contributed by atoms with E-state index in [1.165, 1.54) is 0 Å². The van der Waals surface area contributed by atoms with Gasteiger partial charge in [0, 0.05) is 20.2 Å². The highest BCUT2D eigenvalue weighted by atomic mass is 32.2. The maximum atomic E-state index is 12.2. The zero-order valence-electron chi connectivity index (χ0n) is 16.1. The van der Waals surface area contributed by atoms with Crippen molar-refractivity contribution in [3.8, 4) is 0 Å². The molecule has 0 aliphatic carbocycles. The van der Waals surface area contributed by atoms with Gasteiger partial charge in [-0.25, -0.2) is 0 Å². The highest BCUT2D eigenvalue weighted by Crippen LogP contribution is 2.22. The number of aryl methyl sites for hydroxylation is 1. The number of carbonyl (C=O) groups excluding carboxylic acids is 1. The number of hydrogen-bond acceptors (Lipinski definition) is 6. The first-order valence-electron chi connectivity index (χ1n) is 9.23. The van der Waals surface area contributed by atoms with Crippen LogP contribution in [-0.4, -0.2) is 65.9 Å². The summed E-state index contributed by atoms with van der Waals surface area (Å²) in [6.07, 6.45) is 2.35. The lowest BCUT2D eigenvalue weighted by Crippen LogP contribution is -2.40. The van der Waals surface area contributed by atoms with Crippen molar-refractivity contribution < 1.29 is 26.9 Å². The van der Waals surface area contributed by atoms with Crippen molar-refractivity contribution in [1.29, 1.82) is 0 Å². The molecule has 1 aliphatic rings. The molecular formula is C19H29NO6S. The van der Waals surface area contributed by atoms with Gasteiger partial charge in [-0.05, 0) is 44.2 Å². The summed E-state index contributed by atoms with van der Waals surface area (Å²) in [5, 5.41) is 0. The number of ether oxygens (including phenoxy) is 2. The first-order chi connectivity index (χ1) is 12.9. The maximum absolute atomic E-state index is 12.2. The van der Waals surface area contributed by atoms with Gasteiger partial charge in [-0.3, -0.25) is 8.98 Å². The molecule has 1 saturated heterocycles. The second kappa shape index (κ2) is 10.8. The van der Waals surface area contributed by atoms with Crippen LogP contribution in [0.15, 0.2) is 29.2 Å². The Bertz CT molecular complexity index is 681. The van der Waals surface area contributed by atoms with Crippen LogP contribution in [0.3, 0.4) is 0 Å². The maximum Gasteiger partial charge on any atom is 0.296 e. The van der Waals surface area contributed by atoms with Crippen LogP contribution in [0.2, 0.25) is 0 Å². The van der Waals surface area contributed by atoms with Crippen molar-refractivity contribution in [3.05, 3.63) is 29.8 Å². The minimum Gasteiger partial charge on any atom is -0.382 e. The SMILES string of the molecule is COCCOCC(=O)N1CCC(CCOS(=O)(=O)c2ccc(C)cc2)CC1. The quantitative estimate of drug-likeness (QED) is 0.442. The Morgan fingerprint density at radius 2 is 1.78 bits per heavy atom. The van der Waals surface area contributed by atoms with E-state index in [0.717, 1.165) is 18.4 Å². The van der Waals surface area contributed by atoms with Gasteiger partial charge in [0.1, 0.15) is 6.61 Å². The average Bonchev–Trinajstić information content (AvgIpc) is 2.66. The largest absolute Gasteiger partial charge is 0.382 e. The third kappa shape index (κ3) is 7.21. The van der Waals surface area contributed by atoms with E-state index >= 15 is 0 Å². The predicted octanol–water partition coefficient (Wildman–Crippen LogP) is 1.99. The number of likely N-dealkylation sites (tertiary alicyclic amines) is 1. The van der Waals surface area contributed by atoms with E-state index < -0.39 is 10.1 Å². The number of nitrogens with zero attached hydrogens (tertiary/aromatic N) is 1. The summed E-state index contributed by atoms with van der Waals surface area (Å²) in [7, 11) is -2.12. The molecule has 1 fully saturated rings. The number of amides is 1. The predicted molar refractivity (Wildman–Crippen MR) is 101 cm³/mol. The van der Waals surface area contributed by atoms with Crippen LogP contribution >= 0.6 is 0 Å². The lowest BCUT2D eigenvalue weighted by Gasteiger charge is -2.31. The van der Waals surface area contributed by atoms with Crippen molar-refractivity contribution >= 4 is 16.0 Å². The van der Waals surface area contributed by atoms with Crippen molar-refractivity contribution in [2.75, 3.05) is 46.6 Å². The molecule has 0 saturated carbocycles. The topological polar surface area (TPSA) is 82.1 Å². The highest BCUT2D eigenvalue weighted by molar-refractivity contribution is 7.86. The Labute approximate surface area is 161 Å². The number of piperidine rings is 1. The molecule has 0 aromatic heterocycles. The lowest BCUT2D eigenvalue weighted by atomic mass is 9.94. The fraction of sp³-hybridized carbons (Fsp3) is 0.632. The van der Waals surface area contributed by atoms with Crippen LogP contribution in [0.25, 0.3) is 0 Å². The van der Waals surface area contributed by atoms with E-state index in [1.807, 2.05) is 6.92 Å². The Morgan fingerprint density at radius 1 is 1.11 bits per heavy atom. The minimum atomic E-state index is -3.71. The highest BCUT2D eigenvalue weighted by Gasteiger charge is 2.23. The van der Waals surface area contributed by atoms with Gasteiger partial charge < -0.3 is 14.4 Å². The number of methoxy groups -OCH3 is 1. The monoisotopic (exact) mass is 399 g/mol. The molecule has 8 heteroatoms. The molecular weight excluding hydrogens is 370 g/mol. The Kier molecular flexibility index (Phi) is 8.69. The fourth-order valence-electron chi connectivity index (χ4n) is 2.96. The van der Waals surface area contributed by atoms with Crippen molar-refractivity contribution in [3.63, 3.8) is 0 Å². The lowest BCUT2D eigenvalue weighted by molar-refractivity contribution is -0.138. The molecule has 0 bridgehead atoms. The second-order valence-corrected chi connectivity index (χ2v) is 8.36.